The second-order valence-corrected chi connectivity index (χ2v) is 5.08. The molecule has 0 nitrogen and oxygen atoms in total. The lowest BCUT2D eigenvalue weighted by Gasteiger charge is -2.08. The van der Waals surface area contributed by atoms with Crippen LogP contribution in [0, 0.1) is 0 Å². The van der Waals surface area contributed by atoms with Crippen LogP contribution in [-0.4, -0.2) is 4.83 Å². The van der Waals surface area contributed by atoms with E-state index < -0.39 is 0 Å². The van der Waals surface area contributed by atoms with Crippen molar-refractivity contribution >= 4 is 39.1 Å². The SMILES string of the molecule is CCC(Br)Cc1ccc(Cl)cc1Cl. The average molecular weight is 282 g/mol. The number of hydrogen-bond donors (Lipinski definition) is 0. The minimum Gasteiger partial charge on any atom is -0.0887 e. The van der Waals surface area contributed by atoms with Crippen molar-refractivity contribution < 1.29 is 0 Å². The van der Waals surface area contributed by atoms with Gasteiger partial charge in [-0.15, -0.1) is 0 Å². The largest absolute Gasteiger partial charge is 0.0887 e. The third-order valence-corrected chi connectivity index (χ3v) is 3.46. The highest BCUT2D eigenvalue weighted by molar-refractivity contribution is 9.09. The summed E-state index contributed by atoms with van der Waals surface area (Å²) in [5, 5.41) is 1.45. The first-order chi connectivity index (χ1) is 6.13. The molecule has 1 unspecified atom stereocenters. The molecule has 1 aromatic rings. The van der Waals surface area contributed by atoms with Gasteiger partial charge < -0.3 is 0 Å². The Bertz CT molecular complexity index is 286. The van der Waals surface area contributed by atoms with Gasteiger partial charge in [-0.05, 0) is 30.5 Å². The highest BCUT2D eigenvalue weighted by Gasteiger charge is 2.06. The second-order valence-electron chi connectivity index (χ2n) is 2.95. The lowest BCUT2D eigenvalue weighted by atomic mass is 10.1. The fourth-order valence-corrected chi connectivity index (χ4v) is 1.90. The van der Waals surface area contributed by atoms with Crippen molar-refractivity contribution in [1.29, 1.82) is 0 Å². The van der Waals surface area contributed by atoms with Crippen LogP contribution in [0.15, 0.2) is 18.2 Å². The standard InChI is InChI=1S/C10H11BrCl2/c1-2-8(11)5-7-3-4-9(12)6-10(7)13/h3-4,6,8H,2,5H2,1H3. The predicted octanol–water partition coefficient (Wildman–Crippen LogP) is 4.71. The molecular weight excluding hydrogens is 271 g/mol. The first-order valence-corrected chi connectivity index (χ1v) is 5.88. The molecule has 1 aromatic carbocycles. The average Bonchev–Trinajstić information content (AvgIpc) is 2.09. The minimum atomic E-state index is 0.492. The number of halogens is 3. The highest BCUT2D eigenvalue weighted by Crippen LogP contribution is 2.24. The van der Waals surface area contributed by atoms with Gasteiger partial charge in [0, 0.05) is 14.9 Å². The molecule has 1 rings (SSSR count). The van der Waals surface area contributed by atoms with E-state index in [-0.39, 0.29) is 0 Å². The zero-order valence-electron chi connectivity index (χ0n) is 7.36. The van der Waals surface area contributed by atoms with Gasteiger partial charge in [0.05, 0.1) is 0 Å². The van der Waals surface area contributed by atoms with Gasteiger partial charge in [-0.2, -0.15) is 0 Å². The number of benzene rings is 1. The van der Waals surface area contributed by atoms with Crippen molar-refractivity contribution in [2.45, 2.75) is 24.6 Å². The van der Waals surface area contributed by atoms with Gasteiger partial charge in [0.15, 0.2) is 0 Å². The van der Waals surface area contributed by atoms with Crippen LogP contribution in [0.2, 0.25) is 10.0 Å². The molecule has 1 atom stereocenters. The summed E-state index contributed by atoms with van der Waals surface area (Å²) < 4.78 is 0. The molecule has 0 N–H and O–H groups in total. The van der Waals surface area contributed by atoms with Crippen molar-refractivity contribution in [3.05, 3.63) is 33.8 Å². The van der Waals surface area contributed by atoms with Gasteiger partial charge in [-0.25, -0.2) is 0 Å². The summed E-state index contributed by atoms with van der Waals surface area (Å²) in [6.07, 6.45) is 2.05. The van der Waals surface area contributed by atoms with Gasteiger partial charge in [0.1, 0.15) is 0 Å². The molecular formula is C10H11BrCl2. The maximum Gasteiger partial charge on any atom is 0.0453 e. The molecule has 0 spiro atoms. The molecule has 13 heavy (non-hydrogen) atoms. The monoisotopic (exact) mass is 280 g/mol. The lowest BCUT2D eigenvalue weighted by Crippen LogP contribution is -2.00. The Labute approximate surface area is 97.4 Å². The summed E-state index contributed by atoms with van der Waals surface area (Å²) in [5.74, 6) is 0. The fraction of sp³-hybridized carbons (Fsp3) is 0.400. The zero-order valence-corrected chi connectivity index (χ0v) is 10.5. The van der Waals surface area contributed by atoms with Crippen LogP contribution in [0.3, 0.4) is 0 Å². The maximum absolute atomic E-state index is 6.03. The van der Waals surface area contributed by atoms with Gasteiger partial charge in [0.2, 0.25) is 0 Å². The van der Waals surface area contributed by atoms with E-state index >= 15 is 0 Å². The first-order valence-electron chi connectivity index (χ1n) is 4.21. The van der Waals surface area contributed by atoms with Gasteiger partial charge in [0.25, 0.3) is 0 Å². The Morgan fingerprint density at radius 1 is 1.38 bits per heavy atom. The Hall–Kier alpha value is 0.280. The minimum absolute atomic E-state index is 0.492. The third kappa shape index (κ3) is 3.49. The van der Waals surface area contributed by atoms with E-state index in [1.807, 2.05) is 12.1 Å². The van der Waals surface area contributed by atoms with E-state index in [0.29, 0.717) is 9.85 Å². The molecule has 0 aliphatic heterocycles. The van der Waals surface area contributed by atoms with Crippen LogP contribution >= 0.6 is 39.1 Å². The van der Waals surface area contributed by atoms with E-state index in [0.717, 1.165) is 23.4 Å². The summed E-state index contributed by atoms with van der Waals surface area (Å²) >= 11 is 15.4. The highest BCUT2D eigenvalue weighted by atomic mass is 79.9. The lowest BCUT2D eigenvalue weighted by molar-refractivity contribution is 0.830. The maximum atomic E-state index is 6.03. The molecule has 72 valence electrons. The van der Waals surface area contributed by atoms with Crippen LogP contribution in [0.1, 0.15) is 18.9 Å². The van der Waals surface area contributed by atoms with Gasteiger partial charge in [-0.3, -0.25) is 0 Å². The Kier molecular flexibility index (Phi) is 4.57. The molecule has 0 aliphatic carbocycles. The Morgan fingerprint density at radius 2 is 2.08 bits per heavy atom. The molecule has 0 aromatic heterocycles. The van der Waals surface area contributed by atoms with E-state index in [1.165, 1.54) is 0 Å². The van der Waals surface area contributed by atoms with E-state index in [1.54, 1.807) is 6.07 Å². The normalized spacial score (nSPS) is 12.9. The first kappa shape index (κ1) is 11.4. The van der Waals surface area contributed by atoms with E-state index in [2.05, 4.69) is 22.9 Å². The molecule has 0 heterocycles. The molecule has 0 fully saturated rings. The van der Waals surface area contributed by atoms with Crippen LogP contribution in [0.25, 0.3) is 0 Å². The topological polar surface area (TPSA) is 0 Å². The smallest absolute Gasteiger partial charge is 0.0453 e. The van der Waals surface area contributed by atoms with Crippen LogP contribution < -0.4 is 0 Å². The molecule has 0 saturated carbocycles. The molecule has 3 heteroatoms. The van der Waals surface area contributed by atoms with Gasteiger partial charge in [-0.1, -0.05) is 52.1 Å². The summed E-state index contributed by atoms with van der Waals surface area (Å²) in [5.41, 5.74) is 1.15. The zero-order chi connectivity index (χ0) is 9.84. The number of alkyl halides is 1. The molecule has 0 amide bonds. The van der Waals surface area contributed by atoms with Crippen molar-refractivity contribution in [1.82, 2.24) is 0 Å². The van der Waals surface area contributed by atoms with E-state index in [4.69, 9.17) is 23.2 Å². The van der Waals surface area contributed by atoms with Crippen molar-refractivity contribution in [2.24, 2.45) is 0 Å². The van der Waals surface area contributed by atoms with Crippen molar-refractivity contribution in [3.8, 4) is 0 Å². The molecule has 0 bridgehead atoms. The summed E-state index contributed by atoms with van der Waals surface area (Å²) in [6.45, 7) is 2.14. The van der Waals surface area contributed by atoms with Crippen LogP contribution in [0.4, 0.5) is 0 Å². The predicted molar refractivity (Wildman–Crippen MR) is 63.2 cm³/mol. The van der Waals surface area contributed by atoms with E-state index in [9.17, 15) is 0 Å². The van der Waals surface area contributed by atoms with Crippen LogP contribution in [-0.2, 0) is 6.42 Å². The number of hydrogen-bond acceptors (Lipinski definition) is 0. The van der Waals surface area contributed by atoms with Crippen LogP contribution in [0.5, 0.6) is 0 Å². The Balaban J connectivity index is 2.77. The summed E-state index contributed by atoms with van der Waals surface area (Å²) in [6, 6.07) is 5.64. The number of rotatable bonds is 3. The third-order valence-electron chi connectivity index (χ3n) is 1.90. The quantitative estimate of drug-likeness (QED) is 0.704. The molecule has 0 saturated heterocycles. The summed E-state index contributed by atoms with van der Waals surface area (Å²) in [4.78, 5) is 0.492. The van der Waals surface area contributed by atoms with Crippen molar-refractivity contribution in [2.75, 3.05) is 0 Å². The van der Waals surface area contributed by atoms with Crippen molar-refractivity contribution in [3.63, 3.8) is 0 Å². The molecule has 0 aliphatic rings. The second kappa shape index (κ2) is 5.23. The van der Waals surface area contributed by atoms with Gasteiger partial charge >= 0.3 is 0 Å². The fourth-order valence-electron chi connectivity index (χ4n) is 1.07. The Morgan fingerprint density at radius 3 is 2.62 bits per heavy atom. The molecule has 0 radical (unpaired) electrons. The summed E-state index contributed by atoms with van der Waals surface area (Å²) in [7, 11) is 0.